The van der Waals surface area contributed by atoms with Crippen LogP contribution in [0.1, 0.15) is 102 Å². The fourth-order valence-corrected chi connectivity index (χ4v) is 8.87. The maximum absolute atomic E-state index is 13.8. The summed E-state index contributed by atoms with van der Waals surface area (Å²) in [5.41, 5.74) is 4.98. The number of unbranched alkanes of at least 4 members (excludes halogenated alkanes) is 1. The first kappa shape index (κ1) is 50.5. The average Bonchev–Trinajstić information content (AvgIpc) is 3.57. The number of hydrogen-bond donors (Lipinski definition) is 5. The van der Waals surface area contributed by atoms with Crippen LogP contribution in [0, 0.1) is 0 Å². The maximum atomic E-state index is 13.8. The van der Waals surface area contributed by atoms with Crippen molar-refractivity contribution in [1.29, 1.82) is 0 Å². The van der Waals surface area contributed by atoms with Gasteiger partial charge in [0.05, 0.1) is 12.1 Å². The van der Waals surface area contributed by atoms with Crippen molar-refractivity contribution in [2.45, 2.75) is 126 Å². The molecule has 5 N–H and O–H groups in total. The van der Waals surface area contributed by atoms with Crippen molar-refractivity contribution < 1.29 is 38.2 Å². The first-order valence-corrected chi connectivity index (χ1v) is 23.5. The Bertz CT molecular complexity index is 2220. The van der Waals surface area contributed by atoms with Crippen LogP contribution in [0.15, 0.2) is 99.5 Å². The van der Waals surface area contributed by atoms with Gasteiger partial charge in [0.25, 0.3) is 0 Å². The summed E-state index contributed by atoms with van der Waals surface area (Å²) in [5.74, 6) is -0.422. The Labute approximate surface area is 394 Å². The number of nitrogens with one attached hydrogen (secondary N) is 5. The number of aldehydes is 1. The molecule has 4 aromatic rings. The fraction of sp³-hybridized carbons (Fsp3) is 0.429. The van der Waals surface area contributed by atoms with Gasteiger partial charge in [0.1, 0.15) is 29.1 Å². The SMILES string of the molecule is CC(C)(C)OC(=O)NCCCCC(C=O)NC(=O)C(CCCNC(=O)OC(C)(C)C)NCc1cccnc1Sc1cccc(Br)c1CNC(=O)OCC1c2ccccc2-c2ccccc21. The summed E-state index contributed by atoms with van der Waals surface area (Å²) in [6, 6.07) is 24.5. The quantitative estimate of drug-likeness (QED) is 0.0305. The van der Waals surface area contributed by atoms with Crippen molar-refractivity contribution in [2.24, 2.45) is 0 Å². The third kappa shape index (κ3) is 16.2. The lowest BCUT2D eigenvalue weighted by atomic mass is 9.98. The summed E-state index contributed by atoms with van der Waals surface area (Å²) < 4.78 is 17.2. The Balaban J connectivity index is 1.19. The molecule has 348 valence electrons. The molecule has 65 heavy (non-hydrogen) atoms. The van der Waals surface area contributed by atoms with Crippen molar-refractivity contribution in [1.82, 2.24) is 31.6 Å². The Morgan fingerprint density at radius 1 is 0.738 bits per heavy atom. The highest BCUT2D eigenvalue weighted by molar-refractivity contribution is 9.10. The molecule has 1 heterocycles. The van der Waals surface area contributed by atoms with Crippen LogP contribution in [0.4, 0.5) is 14.4 Å². The van der Waals surface area contributed by atoms with Gasteiger partial charge in [0.2, 0.25) is 5.91 Å². The van der Waals surface area contributed by atoms with Crippen molar-refractivity contribution in [3.05, 3.63) is 112 Å². The topological polar surface area (TPSA) is 186 Å². The fourth-order valence-electron chi connectivity index (χ4n) is 7.19. The lowest BCUT2D eigenvalue weighted by molar-refractivity contribution is -0.126. The number of aromatic nitrogens is 1. The summed E-state index contributed by atoms with van der Waals surface area (Å²) in [5, 5.41) is 15.3. The van der Waals surface area contributed by atoms with E-state index in [1.54, 1.807) is 47.7 Å². The number of amides is 4. The van der Waals surface area contributed by atoms with Crippen LogP contribution >= 0.6 is 27.7 Å². The second-order valence-electron chi connectivity index (χ2n) is 17.6. The molecule has 2 atom stereocenters. The highest BCUT2D eigenvalue weighted by atomic mass is 79.9. The van der Waals surface area contributed by atoms with E-state index in [1.807, 2.05) is 54.6 Å². The highest BCUT2D eigenvalue weighted by Gasteiger charge is 2.29. The zero-order valence-corrected chi connectivity index (χ0v) is 40.4. The first-order valence-electron chi connectivity index (χ1n) is 21.9. The zero-order chi connectivity index (χ0) is 47.0. The van der Waals surface area contributed by atoms with Gasteiger partial charge in [0.15, 0.2) is 0 Å². The Kier molecular flexibility index (Phi) is 18.8. The molecule has 0 fully saturated rings. The molecular weight excluding hydrogens is 913 g/mol. The molecule has 1 aliphatic rings. The van der Waals surface area contributed by atoms with E-state index in [9.17, 15) is 24.0 Å². The number of carbonyl (C=O) groups is 5. The Morgan fingerprint density at radius 2 is 1.37 bits per heavy atom. The number of carbonyl (C=O) groups excluding carboxylic acids is 5. The smallest absolute Gasteiger partial charge is 0.407 e. The van der Waals surface area contributed by atoms with Crippen LogP contribution in [-0.2, 0) is 36.9 Å². The number of fused-ring (bicyclic) bond motifs is 3. The first-order chi connectivity index (χ1) is 31.0. The number of pyridine rings is 1. The van der Waals surface area contributed by atoms with Crippen LogP contribution in [0.2, 0.25) is 0 Å². The Hall–Kier alpha value is -5.45. The number of ether oxygens (including phenoxy) is 3. The molecule has 0 radical (unpaired) electrons. The number of benzene rings is 3. The van der Waals surface area contributed by atoms with E-state index < -0.39 is 41.6 Å². The average molecular weight is 974 g/mol. The highest BCUT2D eigenvalue weighted by Crippen LogP contribution is 2.44. The molecule has 16 heteroatoms. The summed E-state index contributed by atoms with van der Waals surface area (Å²) >= 11 is 5.11. The van der Waals surface area contributed by atoms with Crippen LogP contribution in [0.3, 0.4) is 0 Å². The lowest BCUT2D eigenvalue weighted by Crippen LogP contribution is -2.48. The van der Waals surface area contributed by atoms with Gasteiger partial charge in [-0.2, -0.15) is 0 Å². The third-order valence-electron chi connectivity index (χ3n) is 10.2. The standard InChI is InChI=1S/C49H61BrN6O8S/c1-48(2,3)63-46(60)52-25-12-11-17-33(30-57)56-43(58)41(23-15-27-53-47(61)64-49(4,5)6)54-28-32-16-14-26-51-44(32)65-42-24-13-22-40(50)38(42)29-55-45(59)62-31-39-36-20-9-7-18-34(36)35-19-8-10-21-37(35)39/h7-10,13-14,16,18-22,24,26,30,33,39,41,54H,11-12,15,17,23,25,27-29,31H2,1-6H3,(H,52,60)(H,53,61)(H,55,59)(H,56,58). The number of rotatable bonds is 21. The number of hydrogen-bond acceptors (Lipinski definition) is 11. The summed E-state index contributed by atoms with van der Waals surface area (Å²) in [4.78, 5) is 68.9. The van der Waals surface area contributed by atoms with Crippen molar-refractivity contribution in [2.75, 3.05) is 19.7 Å². The molecule has 2 unspecified atom stereocenters. The molecular formula is C49H61BrN6O8S. The third-order valence-corrected chi connectivity index (χ3v) is 12.1. The molecule has 4 amide bonds. The predicted octanol–water partition coefficient (Wildman–Crippen LogP) is 9.18. The van der Waals surface area contributed by atoms with Crippen LogP contribution in [-0.4, -0.2) is 78.4 Å². The minimum atomic E-state index is -0.741. The monoisotopic (exact) mass is 972 g/mol. The van der Waals surface area contributed by atoms with E-state index in [2.05, 4.69) is 71.8 Å². The van der Waals surface area contributed by atoms with Gasteiger partial charge in [-0.15, -0.1) is 0 Å². The molecule has 1 aliphatic carbocycles. The van der Waals surface area contributed by atoms with Gasteiger partial charge in [-0.3, -0.25) is 4.79 Å². The van der Waals surface area contributed by atoms with Crippen LogP contribution in [0.5, 0.6) is 0 Å². The van der Waals surface area contributed by atoms with Gasteiger partial charge in [-0.25, -0.2) is 19.4 Å². The van der Waals surface area contributed by atoms with Crippen molar-refractivity contribution in [3.63, 3.8) is 0 Å². The number of halogens is 1. The van der Waals surface area contributed by atoms with E-state index in [-0.39, 0.29) is 38.1 Å². The van der Waals surface area contributed by atoms with Gasteiger partial charge in [-0.1, -0.05) is 88.4 Å². The second-order valence-corrected chi connectivity index (χ2v) is 19.5. The Morgan fingerprint density at radius 3 is 2.00 bits per heavy atom. The van der Waals surface area contributed by atoms with E-state index in [4.69, 9.17) is 14.2 Å². The molecule has 0 aliphatic heterocycles. The lowest BCUT2D eigenvalue weighted by Gasteiger charge is -2.22. The van der Waals surface area contributed by atoms with E-state index >= 15 is 0 Å². The van der Waals surface area contributed by atoms with Gasteiger partial charge in [0, 0.05) is 47.7 Å². The second kappa shape index (κ2) is 24.2. The maximum Gasteiger partial charge on any atom is 0.407 e. The molecule has 3 aromatic carbocycles. The number of nitrogens with zero attached hydrogens (tertiary/aromatic N) is 1. The molecule has 1 aromatic heterocycles. The van der Waals surface area contributed by atoms with Crippen molar-refractivity contribution >= 4 is 58.2 Å². The van der Waals surface area contributed by atoms with Crippen molar-refractivity contribution in [3.8, 4) is 11.1 Å². The molecule has 0 spiro atoms. The molecule has 0 bridgehead atoms. The van der Waals surface area contributed by atoms with Crippen LogP contribution in [0.25, 0.3) is 11.1 Å². The molecule has 0 saturated heterocycles. The summed E-state index contributed by atoms with van der Waals surface area (Å²) in [6.45, 7) is 12.0. The number of alkyl carbamates (subject to hydrolysis) is 3. The molecule has 5 rings (SSSR count). The van der Waals surface area contributed by atoms with Gasteiger partial charge < -0.3 is 45.6 Å². The normalized spacial score (nSPS) is 13.1. The van der Waals surface area contributed by atoms with Crippen LogP contribution < -0.4 is 26.6 Å². The van der Waals surface area contributed by atoms with E-state index in [0.717, 1.165) is 42.7 Å². The molecule has 0 saturated carbocycles. The largest absolute Gasteiger partial charge is 0.449 e. The van der Waals surface area contributed by atoms with E-state index in [1.165, 1.54) is 11.8 Å². The van der Waals surface area contributed by atoms with E-state index in [0.29, 0.717) is 50.0 Å². The summed E-state index contributed by atoms with van der Waals surface area (Å²) in [6.07, 6.45) is 3.15. The predicted molar refractivity (Wildman–Crippen MR) is 255 cm³/mol. The zero-order valence-electron chi connectivity index (χ0n) is 38.0. The summed E-state index contributed by atoms with van der Waals surface area (Å²) in [7, 11) is 0. The van der Waals surface area contributed by atoms with Gasteiger partial charge >= 0.3 is 18.3 Å². The van der Waals surface area contributed by atoms with Gasteiger partial charge in [-0.05, 0) is 125 Å². The minimum absolute atomic E-state index is 0.0591. The minimum Gasteiger partial charge on any atom is -0.449 e. The molecule has 14 nitrogen and oxygen atoms in total.